The number of halogens is 1. The number of hydrogen-bond donors (Lipinski definition) is 1. The van der Waals surface area contributed by atoms with Crippen LogP contribution in [-0.2, 0) is 6.54 Å². The van der Waals surface area contributed by atoms with Crippen LogP contribution >= 0.6 is 0 Å². The number of ether oxygens (including phenoxy) is 1. The van der Waals surface area contributed by atoms with Gasteiger partial charge in [-0.15, -0.1) is 0 Å². The molecule has 4 heteroatoms. The zero-order valence-corrected chi connectivity index (χ0v) is 11.9. The van der Waals surface area contributed by atoms with Crippen LogP contribution in [0.15, 0.2) is 12.3 Å². The summed E-state index contributed by atoms with van der Waals surface area (Å²) in [5.41, 5.74) is 0.602. The number of pyridine rings is 1. The fraction of sp³-hybridized carbons (Fsp3) is 0.667. The number of hydrogen-bond acceptors (Lipinski definition) is 3. The molecule has 3 nitrogen and oxygen atoms in total. The van der Waals surface area contributed by atoms with E-state index in [4.69, 9.17) is 4.74 Å². The summed E-state index contributed by atoms with van der Waals surface area (Å²) in [7, 11) is 1.80. The molecular weight excluding hydrogens is 243 g/mol. The van der Waals surface area contributed by atoms with Crippen LogP contribution in [0, 0.1) is 17.7 Å². The lowest BCUT2D eigenvalue weighted by Crippen LogP contribution is -2.29. The Morgan fingerprint density at radius 2 is 2.16 bits per heavy atom. The Morgan fingerprint density at radius 3 is 2.84 bits per heavy atom. The van der Waals surface area contributed by atoms with Crippen molar-refractivity contribution in [2.45, 2.75) is 45.8 Å². The Morgan fingerprint density at radius 1 is 1.37 bits per heavy atom. The fourth-order valence-corrected chi connectivity index (χ4v) is 2.63. The van der Waals surface area contributed by atoms with Gasteiger partial charge in [0.05, 0.1) is 0 Å². The number of rotatable bonds is 4. The molecule has 106 valence electrons. The van der Waals surface area contributed by atoms with Gasteiger partial charge >= 0.3 is 0 Å². The highest BCUT2D eigenvalue weighted by atomic mass is 19.1. The van der Waals surface area contributed by atoms with Crippen LogP contribution < -0.4 is 10.1 Å². The summed E-state index contributed by atoms with van der Waals surface area (Å²) in [4.78, 5) is 4.03. The zero-order chi connectivity index (χ0) is 13.8. The lowest BCUT2D eigenvalue weighted by atomic mass is 9.80. The van der Waals surface area contributed by atoms with Gasteiger partial charge in [0.15, 0.2) is 5.82 Å². The quantitative estimate of drug-likeness (QED) is 0.909. The first-order valence-corrected chi connectivity index (χ1v) is 7.06. The van der Waals surface area contributed by atoms with Crippen molar-refractivity contribution in [3.8, 4) is 5.88 Å². The Kier molecular flexibility index (Phi) is 4.75. The van der Waals surface area contributed by atoms with Crippen molar-refractivity contribution in [3.05, 3.63) is 23.6 Å². The minimum Gasteiger partial charge on any atom is -0.472 e. The number of aromatic nitrogens is 1. The van der Waals surface area contributed by atoms with Crippen molar-refractivity contribution < 1.29 is 9.13 Å². The Bertz CT molecular complexity index is 425. The third kappa shape index (κ3) is 3.44. The Hall–Kier alpha value is -1.16. The van der Waals surface area contributed by atoms with Gasteiger partial charge in [0.25, 0.3) is 5.88 Å². The second-order valence-corrected chi connectivity index (χ2v) is 5.63. The van der Waals surface area contributed by atoms with Gasteiger partial charge in [0.2, 0.25) is 0 Å². The molecule has 2 rings (SSSR count). The second-order valence-electron chi connectivity index (χ2n) is 5.63. The van der Waals surface area contributed by atoms with Crippen LogP contribution in [0.25, 0.3) is 0 Å². The third-order valence-corrected chi connectivity index (χ3v) is 4.13. The van der Waals surface area contributed by atoms with Gasteiger partial charge in [-0.05, 0) is 44.2 Å². The van der Waals surface area contributed by atoms with Gasteiger partial charge in [-0.25, -0.2) is 9.37 Å². The van der Waals surface area contributed by atoms with Crippen LogP contribution in [0.2, 0.25) is 0 Å². The van der Waals surface area contributed by atoms with Crippen molar-refractivity contribution >= 4 is 0 Å². The van der Waals surface area contributed by atoms with Crippen LogP contribution in [0.3, 0.4) is 0 Å². The minimum atomic E-state index is -0.330. The summed E-state index contributed by atoms with van der Waals surface area (Å²) in [5, 5.41) is 2.95. The van der Waals surface area contributed by atoms with E-state index in [0.29, 0.717) is 18.0 Å². The second kappa shape index (κ2) is 6.33. The molecule has 0 spiro atoms. The van der Waals surface area contributed by atoms with Crippen molar-refractivity contribution in [2.75, 3.05) is 7.05 Å². The SMILES string of the molecule is CNCc1ccnc(OC2CCC(C)C(C)C2)c1F. The molecule has 0 amide bonds. The summed E-state index contributed by atoms with van der Waals surface area (Å²) in [6, 6.07) is 1.68. The molecule has 0 bridgehead atoms. The van der Waals surface area contributed by atoms with E-state index in [0.717, 1.165) is 25.2 Å². The van der Waals surface area contributed by atoms with E-state index in [1.54, 1.807) is 19.3 Å². The molecular formula is C15H23FN2O. The maximum Gasteiger partial charge on any atom is 0.250 e. The largest absolute Gasteiger partial charge is 0.472 e. The highest BCUT2D eigenvalue weighted by molar-refractivity contribution is 5.23. The van der Waals surface area contributed by atoms with Gasteiger partial charge in [-0.2, -0.15) is 0 Å². The zero-order valence-electron chi connectivity index (χ0n) is 11.9. The highest BCUT2D eigenvalue weighted by Crippen LogP contribution is 2.32. The van der Waals surface area contributed by atoms with Crippen LogP contribution in [0.1, 0.15) is 38.7 Å². The van der Waals surface area contributed by atoms with E-state index in [2.05, 4.69) is 24.1 Å². The molecule has 1 aromatic heterocycles. The molecule has 0 saturated heterocycles. The molecule has 19 heavy (non-hydrogen) atoms. The molecule has 1 heterocycles. The van der Waals surface area contributed by atoms with E-state index in [-0.39, 0.29) is 17.8 Å². The summed E-state index contributed by atoms with van der Waals surface area (Å²) in [6.45, 7) is 5.00. The molecule has 1 N–H and O–H groups in total. The normalized spacial score (nSPS) is 27.3. The summed E-state index contributed by atoms with van der Waals surface area (Å²) >= 11 is 0. The third-order valence-electron chi connectivity index (χ3n) is 4.13. The van der Waals surface area contributed by atoms with E-state index in [9.17, 15) is 4.39 Å². The van der Waals surface area contributed by atoms with Crippen LogP contribution in [0.4, 0.5) is 4.39 Å². The van der Waals surface area contributed by atoms with Crippen LogP contribution in [0.5, 0.6) is 5.88 Å². The van der Waals surface area contributed by atoms with Crippen molar-refractivity contribution in [1.82, 2.24) is 10.3 Å². The summed E-state index contributed by atoms with van der Waals surface area (Å²) < 4.78 is 19.9. The highest BCUT2D eigenvalue weighted by Gasteiger charge is 2.27. The predicted molar refractivity (Wildman–Crippen MR) is 73.6 cm³/mol. The fourth-order valence-electron chi connectivity index (χ4n) is 2.63. The molecule has 1 fully saturated rings. The Balaban J connectivity index is 2.05. The number of nitrogens with zero attached hydrogens (tertiary/aromatic N) is 1. The van der Waals surface area contributed by atoms with Crippen molar-refractivity contribution in [3.63, 3.8) is 0 Å². The standard InChI is InChI=1S/C15H23FN2O/c1-10-4-5-13(8-11(10)2)19-15-14(16)12(9-17-3)6-7-18-15/h6-7,10-11,13,17H,4-5,8-9H2,1-3H3. The molecule has 1 aliphatic carbocycles. The molecule has 3 unspecified atom stereocenters. The lowest BCUT2D eigenvalue weighted by molar-refractivity contribution is 0.0920. The van der Waals surface area contributed by atoms with Crippen molar-refractivity contribution in [2.24, 2.45) is 11.8 Å². The number of nitrogens with one attached hydrogen (secondary N) is 1. The topological polar surface area (TPSA) is 34.2 Å². The first-order valence-electron chi connectivity index (χ1n) is 7.06. The van der Waals surface area contributed by atoms with Gasteiger partial charge in [0, 0.05) is 18.3 Å². The van der Waals surface area contributed by atoms with Crippen LogP contribution in [-0.4, -0.2) is 18.1 Å². The average molecular weight is 266 g/mol. The minimum absolute atomic E-state index is 0.0954. The average Bonchev–Trinajstić information content (AvgIpc) is 2.39. The monoisotopic (exact) mass is 266 g/mol. The first kappa shape index (κ1) is 14.3. The van der Waals surface area contributed by atoms with E-state index in [1.807, 2.05) is 0 Å². The van der Waals surface area contributed by atoms with Gasteiger partial charge in [0.1, 0.15) is 6.10 Å². The van der Waals surface area contributed by atoms with Gasteiger partial charge < -0.3 is 10.1 Å². The molecule has 3 atom stereocenters. The molecule has 0 radical (unpaired) electrons. The molecule has 0 aliphatic heterocycles. The summed E-state index contributed by atoms with van der Waals surface area (Å²) in [6.07, 6.45) is 4.82. The first-order chi connectivity index (χ1) is 9.11. The predicted octanol–water partition coefficient (Wildman–Crippen LogP) is 3.14. The van der Waals surface area contributed by atoms with Gasteiger partial charge in [-0.1, -0.05) is 13.8 Å². The van der Waals surface area contributed by atoms with Gasteiger partial charge in [-0.3, -0.25) is 0 Å². The molecule has 1 aromatic rings. The van der Waals surface area contributed by atoms with E-state index in [1.165, 1.54) is 0 Å². The Labute approximate surface area is 114 Å². The van der Waals surface area contributed by atoms with E-state index >= 15 is 0 Å². The molecule has 1 aliphatic rings. The maximum atomic E-state index is 14.2. The van der Waals surface area contributed by atoms with Crippen molar-refractivity contribution in [1.29, 1.82) is 0 Å². The van der Waals surface area contributed by atoms with E-state index < -0.39 is 0 Å². The smallest absolute Gasteiger partial charge is 0.250 e. The summed E-state index contributed by atoms with van der Waals surface area (Å²) in [5.74, 6) is 1.18. The molecule has 0 aromatic carbocycles. The maximum absolute atomic E-state index is 14.2. The molecule has 1 saturated carbocycles. The lowest BCUT2D eigenvalue weighted by Gasteiger charge is -2.32.